The molecule has 0 spiro atoms. The van der Waals surface area contributed by atoms with Gasteiger partial charge < -0.3 is 5.21 Å². The lowest BCUT2D eigenvalue weighted by molar-refractivity contribution is 0.258. The molecule has 0 saturated heterocycles. The Hall–Kier alpha value is -2.09. The maximum absolute atomic E-state index is 9.76. The lowest BCUT2D eigenvalue weighted by Gasteiger charge is -2.38. The Balaban J connectivity index is 1.98. The Morgan fingerprint density at radius 3 is 2.05 bits per heavy atom. The number of hydrogen-bond acceptors (Lipinski definition) is 2. The molecular weight excluding hydrogens is 270 g/mol. The Morgan fingerprint density at radius 2 is 1.45 bits per heavy atom. The highest BCUT2D eigenvalue weighted by atomic mass is 16.4. The Kier molecular flexibility index (Phi) is 4.57. The molecule has 0 bridgehead atoms. The average molecular weight is 293 g/mol. The molecule has 1 aliphatic carbocycles. The fourth-order valence-corrected chi connectivity index (χ4v) is 3.78. The Bertz CT molecular complexity index is 613. The van der Waals surface area contributed by atoms with Gasteiger partial charge in [-0.2, -0.15) is 0 Å². The van der Waals surface area contributed by atoms with Crippen LogP contribution in [-0.4, -0.2) is 10.9 Å². The summed E-state index contributed by atoms with van der Waals surface area (Å²) in [6.07, 6.45) is 6.83. The Morgan fingerprint density at radius 1 is 0.864 bits per heavy atom. The second-order valence-electron chi connectivity index (χ2n) is 6.32. The van der Waals surface area contributed by atoms with Gasteiger partial charge in [-0.3, -0.25) is 0 Å². The van der Waals surface area contributed by atoms with Crippen molar-refractivity contribution in [1.29, 1.82) is 0 Å². The van der Waals surface area contributed by atoms with Crippen molar-refractivity contribution in [3.05, 3.63) is 71.8 Å². The van der Waals surface area contributed by atoms with E-state index in [0.29, 0.717) is 0 Å². The predicted molar refractivity (Wildman–Crippen MR) is 90.4 cm³/mol. The molecule has 1 N–H and O–H groups in total. The molecule has 114 valence electrons. The van der Waals surface area contributed by atoms with E-state index in [9.17, 15) is 5.21 Å². The van der Waals surface area contributed by atoms with Crippen molar-refractivity contribution in [3.63, 3.8) is 0 Å². The minimum atomic E-state index is -0.0459. The highest BCUT2D eigenvalue weighted by molar-refractivity contribution is 6.04. The second kappa shape index (κ2) is 6.78. The van der Waals surface area contributed by atoms with Crippen LogP contribution in [0.15, 0.2) is 65.8 Å². The number of hydrogen-bond donors (Lipinski definition) is 1. The zero-order valence-electron chi connectivity index (χ0n) is 12.9. The molecule has 0 amide bonds. The summed E-state index contributed by atoms with van der Waals surface area (Å²) in [7, 11) is 0. The van der Waals surface area contributed by atoms with E-state index in [0.717, 1.165) is 30.5 Å². The highest BCUT2D eigenvalue weighted by Gasteiger charge is 2.38. The molecule has 0 radical (unpaired) electrons. The van der Waals surface area contributed by atoms with Gasteiger partial charge >= 0.3 is 0 Å². The predicted octanol–water partition coefficient (Wildman–Crippen LogP) is 5.06. The first-order valence-corrected chi connectivity index (χ1v) is 8.16. The van der Waals surface area contributed by atoms with Crippen LogP contribution in [0.25, 0.3) is 0 Å². The lowest BCUT2D eigenvalue weighted by atomic mass is 9.66. The third-order valence-electron chi connectivity index (χ3n) is 4.85. The number of oxime groups is 1. The second-order valence-corrected chi connectivity index (χ2v) is 6.32. The molecule has 2 heteroatoms. The molecule has 0 aromatic heterocycles. The molecule has 0 unspecified atom stereocenters. The molecule has 3 rings (SSSR count). The van der Waals surface area contributed by atoms with Gasteiger partial charge in [-0.1, -0.05) is 85.1 Å². The van der Waals surface area contributed by atoms with Crippen molar-refractivity contribution in [2.75, 3.05) is 0 Å². The summed E-state index contributed by atoms with van der Waals surface area (Å²) >= 11 is 0. The van der Waals surface area contributed by atoms with Crippen LogP contribution < -0.4 is 0 Å². The minimum absolute atomic E-state index is 0.0459. The molecule has 1 saturated carbocycles. The molecule has 2 aromatic rings. The van der Waals surface area contributed by atoms with Crippen LogP contribution in [0, 0.1) is 5.41 Å². The molecule has 0 aliphatic heterocycles. The molecule has 22 heavy (non-hydrogen) atoms. The summed E-state index contributed by atoms with van der Waals surface area (Å²) in [6.45, 7) is 0. The van der Waals surface area contributed by atoms with Crippen molar-refractivity contribution in [3.8, 4) is 0 Å². The fourth-order valence-electron chi connectivity index (χ4n) is 3.78. The molecule has 2 aromatic carbocycles. The summed E-state index contributed by atoms with van der Waals surface area (Å²) in [5, 5.41) is 13.5. The quantitative estimate of drug-likeness (QED) is 0.477. The van der Waals surface area contributed by atoms with Crippen molar-refractivity contribution in [2.24, 2.45) is 10.6 Å². The first-order valence-electron chi connectivity index (χ1n) is 8.16. The van der Waals surface area contributed by atoms with E-state index in [1.807, 2.05) is 18.2 Å². The zero-order chi connectivity index (χ0) is 15.3. The average Bonchev–Trinajstić information content (AvgIpc) is 2.58. The minimum Gasteiger partial charge on any atom is -0.411 e. The van der Waals surface area contributed by atoms with Crippen LogP contribution in [-0.2, 0) is 6.42 Å². The summed E-state index contributed by atoms with van der Waals surface area (Å²) in [6, 6.07) is 20.7. The van der Waals surface area contributed by atoms with Gasteiger partial charge in [0.05, 0.1) is 5.71 Å². The summed E-state index contributed by atoms with van der Waals surface area (Å²) < 4.78 is 0. The van der Waals surface area contributed by atoms with Gasteiger partial charge in [0.1, 0.15) is 0 Å². The fraction of sp³-hybridized carbons (Fsp3) is 0.350. The van der Waals surface area contributed by atoms with Gasteiger partial charge in [-0.05, 0) is 30.4 Å². The molecule has 1 fully saturated rings. The van der Waals surface area contributed by atoms with E-state index in [1.165, 1.54) is 24.8 Å². The molecule has 1 aliphatic rings. The molecule has 0 heterocycles. The van der Waals surface area contributed by atoms with E-state index in [4.69, 9.17) is 0 Å². The number of rotatable bonds is 4. The smallest absolute Gasteiger partial charge is 0.0932 e. The highest BCUT2D eigenvalue weighted by Crippen LogP contribution is 2.42. The SMILES string of the molecule is O/N=C(\c1ccccc1)C1(Cc2ccccc2)CCCCC1. The van der Waals surface area contributed by atoms with Gasteiger partial charge in [0.25, 0.3) is 0 Å². The summed E-state index contributed by atoms with van der Waals surface area (Å²) in [5.74, 6) is 0. The number of benzene rings is 2. The van der Waals surface area contributed by atoms with Crippen molar-refractivity contribution in [2.45, 2.75) is 38.5 Å². The standard InChI is InChI=1S/C20H23NO/c22-21-19(18-12-6-2-7-13-18)20(14-8-3-9-15-20)16-17-10-4-1-5-11-17/h1-2,4-7,10-13,22H,3,8-9,14-16H2/b21-19+. The normalized spacial score (nSPS) is 18.1. The van der Waals surface area contributed by atoms with Gasteiger partial charge in [0, 0.05) is 5.41 Å². The van der Waals surface area contributed by atoms with Gasteiger partial charge in [0.2, 0.25) is 0 Å². The van der Waals surface area contributed by atoms with Gasteiger partial charge in [0.15, 0.2) is 0 Å². The van der Waals surface area contributed by atoms with Crippen LogP contribution in [0.3, 0.4) is 0 Å². The van der Waals surface area contributed by atoms with Crippen LogP contribution in [0.2, 0.25) is 0 Å². The topological polar surface area (TPSA) is 32.6 Å². The molecular formula is C20H23NO. The number of nitrogens with zero attached hydrogens (tertiary/aromatic N) is 1. The van der Waals surface area contributed by atoms with Gasteiger partial charge in [-0.15, -0.1) is 0 Å². The summed E-state index contributed by atoms with van der Waals surface area (Å²) in [5.41, 5.74) is 3.18. The van der Waals surface area contributed by atoms with Crippen molar-refractivity contribution < 1.29 is 5.21 Å². The van der Waals surface area contributed by atoms with Crippen LogP contribution in [0.5, 0.6) is 0 Å². The van der Waals surface area contributed by atoms with Crippen LogP contribution >= 0.6 is 0 Å². The summed E-state index contributed by atoms with van der Waals surface area (Å²) in [4.78, 5) is 0. The van der Waals surface area contributed by atoms with E-state index in [2.05, 4.69) is 47.6 Å². The third kappa shape index (κ3) is 3.06. The lowest BCUT2D eigenvalue weighted by Crippen LogP contribution is -2.36. The van der Waals surface area contributed by atoms with E-state index < -0.39 is 0 Å². The van der Waals surface area contributed by atoms with E-state index in [1.54, 1.807) is 0 Å². The molecule has 2 nitrogen and oxygen atoms in total. The maximum atomic E-state index is 9.76. The molecule has 0 atom stereocenters. The monoisotopic (exact) mass is 293 g/mol. The third-order valence-corrected chi connectivity index (χ3v) is 4.85. The maximum Gasteiger partial charge on any atom is 0.0932 e. The van der Waals surface area contributed by atoms with Crippen LogP contribution in [0.1, 0.15) is 43.2 Å². The van der Waals surface area contributed by atoms with Crippen molar-refractivity contribution >= 4 is 5.71 Å². The largest absolute Gasteiger partial charge is 0.411 e. The van der Waals surface area contributed by atoms with Crippen LogP contribution in [0.4, 0.5) is 0 Å². The Labute approximate surface area is 132 Å². The first-order chi connectivity index (χ1) is 10.8. The van der Waals surface area contributed by atoms with Gasteiger partial charge in [-0.25, -0.2) is 0 Å². The van der Waals surface area contributed by atoms with E-state index in [-0.39, 0.29) is 5.41 Å². The van der Waals surface area contributed by atoms with Crippen molar-refractivity contribution in [1.82, 2.24) is 0 Å². The zero-order valence-corrected chi connectivity index (χ0v) is 12.9. The first kappa shape index (κ1) is 14.8. The van der Waals surface area contributed by atoms with E-state index >= 15 is 0 Å².